The summed E-state index contributed by atoms with van der Waals surface area (Å²) in [4.78, 5) is 42.0. The Morgan fingerprint density at radius 1 is 1.21 bits per heavy atom. The highest BCUT2D eigenvalue weighted by Gasteiger charge is 2.29. The van der Waals surface area contributed by atoms with Crippen LogP contribution >= 0.6 is 11.8 Å². The lowest BCUT2D eigenvalue weighted by Crippen LogP contribution is -2.27. The van der Waals surface area contributed by atoms with Gasteiger partial charge in [-0.2, -0.15) is 0 Å². The van der Waals surface area contributed by atoms with Crippen LogP contribution in [0.5, 0.6) is 5.88 Å². The molecule has 1 aliphatic rings. The van der Waals surface area contributed by atoms with E-state index in [9.17, 15) is 14.4 Å². The number of aryl methyl sites for hydroxylation is 3. The molecule has 1 saturated heterocycles. The number of nitrogens with one attached hydrogen (secondary N) is 1. The number of amides is 3. The van der Waals surface area contributed by atoms with Crippen LogP contribution in [0, 0.1) is 13.8 Å². The first-order chi connectivity index (χ1) is 15.8. The SMILES string of the molecule is COc1nn(C)c2nc(C)c(CCC(=O)Nc3ccc(CN4C(=O)CSC4=O)cc3)c(C)c12. The van der Waals surface area contributed by atoms with Gasteiger partial charge in [-0.15, -0.1) is 5.10 Å². The number of imide groups is 1. The predicted octanol–water partition coefficient (Wildman–Crippen LogP) is 3.36. The number of aromatic nitrogens is 3. The molecular weight excluding hydrogens is 442 g/mol. The number of rotatable bonds is 7. The molecule has 1 N–H and O–H groups in total. The van der Waals surface area contributed by atoms with Crippen LogP contribution in [0.4, 0.5) is 10.5 Å². The molecule has 1 aliphatic heterocycles. The smallest absolute Gasteiger partial charge is 0.289 e. The highest BCUT2D eigenvalue weighted by atomic mass is 32.2. The monoisotopic (exact) mass is 467 g/mol. The topological polar surface area (TPSA) is 106 Å². The van der Waals surface area contributed by atoms with Crippen LogP contribution in [0.25, 0.3) is 11.0 Å². The molecule has 0 aliphatic carbocycles. The van der Waals surface area contributed by atoms with Gasteiger partial charge in [-0.05, 0) is 49.1 Å². The molecule has 3 amide bonds. The van der Waals surface area contributed by atoms with Crippen molar-refractivity contribution in [3.05, 3.63) is 46.6 Å². The van der Waals surface area contributed by atoms with Gasteiger partial charge < -0.3 is 10.1 Å². The summed E-state index contributed by atoms with van der Waals surface area (Å²) < 4.78 is 7.10. The predicted molar refractivity (Wildman–Crippen MR) is 126 cm³/mol. The lowest BCUT2D eigenvalue weighted by Gasteiger charge is -2.13. The van der Waals surface area contributed by atoms with Crippen LogP contribution < -0.4 is 10.1 Å². The molecule has 33 heavy (non-hydrogen) atoms. The number of ether oxygens (including phenoxy) is 1. The fourth-order valence-corrected chi connectivity index (χ4v) is 4.70. The largest absolute Gasteiger partial charge is 0.479 e. The zero-order chi connectivity index (χ0) is 23.7. The Balaban J connectivity index is 1.40. The van der Waals surface area contributed by atoms with Gasteiger partial charge in [0.25, 0.3) is 5.24 Å². The third kappa shape index (κ3) is 4.56. The number of anilines is 1. The van der Waals surface area contributed by atoms with Gasteiger partial charge >= 0.3 is 0 Å². The molecule has 3 aromatic rings. The fraction of sp³-hybridized carbons (Fsp3) is 0.348. The molecular formula is C23H25N5O4S. The number of carbonyl (C=O) groups is 3. The maximum atomic E-state index is 12.6. The molecule has 3 heterocycles. The number of methoxy groups -OCH3 is 1. The molecule has 4 rings (SSSR count). The minimum absolute atomic E-state index is 0.110. The first kappa shape index (κ1) is 22.8. The fourth-order valence-electron chi connectivity index (χ4n) is 3.98. The molecule has 0 radical (unpaired) electrons. The van der Waals surface area contributed by atoms with E-state index in [-0.39, 0.29) is 29.4 Å². The van der Waals surface area contributed by atoms with E-state index in [1.54, 1.807) is 36.1 Å². The zero-order valence-corrected chi connectivity index (χ0v) is 19.8. The van der Waals surface area contributed by atoms with Crippen molar-refractivity contribution in [3.63, 3.8) is 0 Å². The second-order valence-corrected chi connectivity index (χ2v) is 8.84. The average Bonchev–Trinajstić information content (AvgIpc) is 3.28. The van der Waals surface area contributed by atoms with Gasteiger partial charge in [0.1, 0.15) is 0 Å². The van der Waals surface area contributed by atoms with Crippen LogP contribution in [0.3, 0.4) is 0 Å². The van der Waals surface area contributed by atoms with Crippen LogP contribution in [0.15, 0.2) is 24.3 Å². The van der Waals surface area contributed by atoms with Crippen molar-refractivity contribution in [3.8, 4) is 5.88 Å². The summed E-state index contributed by atoms with van der Waals surface area (Å²) in [5, 5.41) is 7.91. The number of pyridine rings is 1. The minimum atomic E-state index is -0.223. The van der Waals surface area contributed by atoms with Crippen LogP contribution in [-0.2, 0) is 29.6 Å². The average molecular weight is 468 g/mol. The summed E-state index contributed by atoms with van der Waals surface area (Å²) in [6.45, 7) is 4.18. The Kier molecular flexibility index (Phi) is 6.37. The molecule has 1 aromatic carbocycles. The van der Waals surface area contributed by atoms with Gasteiger partial charge in [-0.1, -0.05) is 23.9 Å². The lowest BCUT2D eigenvalue weighted by atomic mass is 10.00. The van der Waals surface area contributed by atoms with Gasteiger partial charge in [0.05, 0.1) is 24.8 Å². The van der Waals surface area contributed by atoms with Crippen molar-refractivity contribution >= 4 is 45.5 Å². The van der Waals surface area contributed by atoms with E-state index in [1.807, 2.05) is 20.9 Å². The Labute approximate surface area is 195 Å². The second kappa shape index (κ2) is 9.22. The second-order valence-electron chi connectivity index (χ2n) is 7.91. The molecule has 0 saturated carbocycles. The normalized spacial score (nSPS) is 13.8. The van der Waals surface area contributed by atoms with Crippen molar-refractivity contribution in [1.29, 1.82) is 0 Å². The number of hydrogen-bond donors (Lipinski definition) is 1. The van der Waals surface area contributed by atoms with Crippen LogP contribution in [0.1, 0.15) is 28.8 Å². The molecule has 9 nitrogen and oxygen atoms in total. The Morgan fingerprint density at radius 2 is 1.94 bits per heavy atom. The maximum Gasteiger partial charge on any atom is 0.289 e. The molecule has 0 unspecified atom stereocenters. The van der Waals surface area contributed by atoms with Crippen LogP contribution in [0.2, 0.25) is 0 Å². The van der Waals surface area contributed by atoms with Crippen molar-refractivity contribution in [2.24, 2.45) is 7.05 Å². The first-order valence-corrected chi connectivity index (χ1v) is 11.5. The quantitative estimate of drug-likeness (QED) is 0.568. The van der Waals surface area contributed by atoms with E-state index in [0.717, 1.165) is 45.2 Å². The van der Waals surface area contributed by atoms with Crippen molar-refractivity contribution < 1.29 is 19.1 Å². The minimum Gasteiger partial charge on any atom is -0.479 e. The molecule has 0 atom stereocenters. The standard InChI is InChI=1S/C23H25N5O4S/c1-13-17(14(2)24-21-20(13)22(32-4)26-27(21)3)9-10-18(29)25-16-7-5-15(6-8-16)11-28-19(30)12-33-23(28)31/h5-8H,9-12H2,1-4H3,(H,25,29). The summed E-state index contributed by atoms with van der Waals surface area (Å²) in [7, 11) is 3.41. The van der Waals surface area contributed by atoms with Gasteiger partial charge in [0.2, 0.25) is 17.7 Å². The molecule has 2 aromatic heterocycles. The number of nitrogens with zero attached hydrogens (tertiary/aromatic N) is 4. The zero-order valence-electron chi connectivity index (χ0n) is 19.0. The van der Waals surface area contributed by atoms with Crippen molar-refractivity contribution in [1.82, 2.24) is 19.7 Å². The van der Waals surface area contributed by atoms with E-state index in [2.05, 4.69) is 15.4 Å². The van der Waals surface area contributed by atoms with E-state index in [4.69, 9.17) is 4.74 Å². The molecule has 172 valence electrons. The molecule has 0 bridgehead atoms. The Hall–Kier alpha value is -3.40. The van der Waals surface area contributed by atoms with E-state index < -0.39 is 0 Å². The third-order valence-corrected chi connectivity index (χ3v) is 6.60. The summed E-state index contributed by atoms with van der Waals surface area (Å²) >= 11 is 1.02. The van der Waals surface area contributed by atoms with E-state index in [0.29, 0.717) is 24.4 Å². The maximum absolute atomic E-state index is 12.6. The van der Waals surface area contributed by atoms with Gasteiger partial charge in [0.15, 0.2) is 5.65 Å². The van der Waals surface area contributed by atoms with Gasteiger partial charge in [-0.3, -0.25) is 19.3 Å². The highest BCUT2D eigenvalue weighted by Crippen LogP contribution is 2.30. The number of thioether (sulfide) groups is 1. The Morgan fingerprint density at radius 3 is 2.58 bits per heavy atom. The summed E-state index contributed by atoms with van der Waals surface area (Å²) in [6.07, 6.45) is 0.840. The summed E-state index contributed by atoms with van der Waals surface area (Å²) in [5.74, 6) is 0.437. The highest BCUT2D eigenvalue weighted by molar-refractivity contribution is 8.14. The number of fused-ring (bicyclic) bond motifs is 1. The van der Waals surface area contributed by atoms with E-state index >= 15 is 0 Å². The van der Waals surface area contributed by atoms with E-state index in [1.165, 1.54) is 4.90 Å². The molecule has 0 spiro atoms. The number of hydrogen-bond acceptors (Lipinski definition) is 7. The van der Waals surface area contributed by atoms with Crippen LogP contribution in [-0.4, -0.2) is 49.6 Å². The lowest BCUT2D eigenvalue weighted by molar-refractivity contribution is -0.125. The number of benzene rings is 1. The summed E-state index contributed by atoms with van der Waals surface area (Å²) in [5.41, 5.74) is 5.14. The summed E-state index contributed by atoms with van der Waals surface area (Å²) in [6, 6.07) is 7.16. The first-order valence-electron chi connectivity index (χ1n) is 10.5. The third-order valence-electron chi connectivity index (χ3n) is 5.74. The molecule has 10 heteroatoms. The number of carbonyl (C=O) groups excluding carboxylic acids is 3. The van der Waals surface area contributed by atoms with Gasteiger partial charge in [0, 0.05) is 24.8 Å². The Bertz CT molecular complexity index is 1240. The molecule has 1 fully saturated rings. The van der Waals surface area contributed by atoms with Crippen molar-refractivity contribution in [2.45, 2.75) is 33.2 Å². The van der Waals surface area contributed by atoms with Crippen molar-refractivity contribution in [2.75, 3.05) is 18.2 Å². The van der Waals surface area contributed by atoms with Gasteiger partial charge in [-0.25, -0.2) is 9.67 Å².